The van der Waals surface area contributed by atoms with Crippen LogP contribution in [-0.4, -0.2) is 52.5 Å². The van der Waals surface area contributed by atoms with E-state index < -0.39 is 0 Å². The highest BCUT2D eigenvalue weighted by atomic mass is 19.1. The number of nitrogen functional groups attached to an aromatic ring is 1. The summed E-state index contributed by atoms with van der Waals surface area (Å²) >= 11 is 0. The van der Waals surface area contributed by atoms with Crippen LogP contribution in [0.25, 0.3) is 0 Å². The molecule has 2 aliphatic heterocycles. The molecule has 0 aliphatic carbocycles. The highest BCUT2D eigenvalue weighted by Gasteiger charge is 2.42. The summed E-state index contributed by atoms with van der Waals surface area (Å²) in [5, 5.41) is 0. The molecule has 3 heterocycles. The molecule has 28 heavy (non-hydrogen) atoms. The number of amides is 1. The van der Waals surface area contributed by atoms with Gasteiger partial charge in [-0.25, -0.2) is 9.37 Å². The van der Waals surface area contributed by atoms with E-state index in [9.17, 15) is 9.18 Å². The molecule has 2 bridgehead atoms. The molecular weight excluding hydrogens is 359 g/mol. The normalized spacial score (nSPS) is 21.7. The molecule has 7 heteroatoms. The summed E-state index contributed by atoms with van der Waals surface area (Å²) in [5.74, 6) is 0.527. The molecular formula is C21H25FN4O2. The number of nitrogens with two attached hydrogens (primary N) is 1. The molecule has 2 atom stereocenters. The fourth-order valence-electron chi connectivity index (χ4n) is 4.27. The number of hydrogen-bond donors (Lipinski definition) is 1. The van der Waals surface area contributed by atoms with E-state index in [0.717, 1.165) is 43.7 Å². The van der Waals surface area contributed by atoms with Crippen LogP contribution >= 0.6 is 0 Å². The maximum Gasteiger partial charge on any atom is 0.261 e. The molecule has 2 fully saturated rings. The number of fused-ring (bicyclic) bond motifs is 2. The quantitative estimate of drug-likeness (QED) is 0.857. The molecule has 0 saturated carbocycles. The second kappa shape index (κ2) is 7.75. The van der Waals surface area contributed by atoms with E-state index >= 15 is 0 Å². The fraction of sp³-hybridized carbons (Fsp3) is 0.429. The zero-order valence-corrected chi connectivity index (χ0v) is 16.0. The van der Waals surface area contributed by atoms with Gasteiger partial charge in [0.1, 0.15) is 5.82 Å². The second-order valence-corrected chi connectivity index (χ2v) is 7.63. The van der Waals surface area contributed by atoms with Gasteiger partial charge >= 0.3 is 0 Å². The van der Waals surface area contributed by atoms with Crippen LogP contribution in [0.1, 0.15) is 24.1 Å². The Morgan fingerprint density at radius 2 is 1.86 bits per heavy atom. The number of halogens is 1. The van der Waals surface area contributed by atoms with Crippen molar-refractivity contribution < 1.29 is 13.9 Å². The number of nitrogens with zero attached hydrogens (tertiary/aromatic N) is 3. The van der Waals surface area contributed by atoms with Gasteiger partial charge in [-0.05, 0) is 49.6 Å². The van der Waals surface area contributed by atoms with Crippen LogP contribution in [0.4, 0.5) is 10.2 Å². The summed E-state index contributed by atoms with van der Waals surface area (Å²) in [4.78, 5) is 21.3. The van der Waals surface area contributed by atoms with Crippen molar-refractivity contribution in [3.63, 3.8) is 0 Å². The molecule has 0 spiro atoms. The number of likely N-dealkylation sites (tertiary alicyclic amines) is 1. The van der Waals surface area contributed by atoms with Crippen LogP contribution in [0.5, 0.6) is 5.75 Å². The minimum Gasteiger partial charge on any atom is -0.480 e. The van der Waals surface area contributed by atoms with E-state index in [4.69, 9.17) is 10.5 Å². The first-order valence-electron chi connectivity index (χ1n) is 9.63. The Morgan fingerprint density at radius 1 is 1.18 bits per heavy atom. The predicted molar refractivity (Wildman–Crippen MR) is 104 cm³/mol. The largest absolute Gasteiger partial charge is 0.480 e. The van der Waals surface area contributed by atoms with Gasteiger partial charge in [0.2, 0.25) is 0 Å². The summed E-state index contributed by atoms with van der Waals surface area (Å²) in [5.41, 5.74) is 7.76. The summed E-state index contributed by atoms with van der Waals surface area (Å²) in [6.07, 6.45) is 2.01. The number of rotatable bonds is 5. The first-order chi connectivity index (χ1) is 13.5. The molecule has 2 N–H and O–H groups in total. The lowest BCUT2D eigenvalue weighted by Crippen LogP contribution is -2.56. The molecule has 4 rings (SSSR count). The Balaban J connectivity index is 1.35. The van der Waals surface area contributed by atoms with E-state index in [2.05, 4.69) is 9.88 Å². The standard InChI is InChI=1S/C21H25FN4O2/c1-14-2-9-19(21(23)24-14)28-13-20(27)26-17-7-8-18(26)12-25(11-17)10-15-3-5-16(22)6-4-15/h2-6,9,17-18H,7-8,10-13H2,1H3,(H2,23,24). The third-order valence-corrected chi connectivity index (χ3v) is 5.54. The van der Waals surface area contributed by atoms with Gasteiger partial charge in [-0.2, -0.15) is 0 Å². The lowest BCUT2D eigenvalue weighted by Gasteiger charge is -2.41. The van der Waals surface area contributed by atoms with Crippen molar-refractivity contribution in [3.8, 4) is 5.75 Å². The van der Waals surface area contributed by atoms with Crippen molar-refractivity contribution in [1.29, 1.82) is 0 Å². The lowest BCUT2D eigenvalue weighted by atomic mass is 10.1. The molecule has 2 aromatic rings. The van der Waals surface area contributed by atoms with E-state index in [1.807, 2.05) is 30.0 Å². The number of pyridine rings is 1. The topological polar surface area (TPSA) is 71.7 Å². The van der Waals surface area contributed by atoms with E-state index in [1.54, 1.807) is 6.07 Å². The second-order valence-electron chi connectivity index (χ2n) is 7.63. The third kappa shape index (κ3) is 3.94. The zero-order valence-electron chi connectivity index (χ0n) is 16.0. The van der Waals surface area contributed by atoms with Crippen molar-refractivity contribution >= 4 is 11.7 Å². The Morgan fingerprint density at radius 3 is 2.50 bits per heavy atom. The average molecular weight is 384 g/mol. The summed E-state index contributed by atoms with van der Waals surface area (Å²) < 4.78 is 18.7. The van der Waals surface area contributed by atoms with Crippen molar-refractivity contribution in [1.82, 2.24) is 14.8 Å². The zero-order chi connectivity index (χ0) is 19.7. The number of carbonyl (C=O) groups excluding carboxylic acids is 1. The van der Waals surface area contributed by atoms with Gasteiger partial charge < -0.3 is 15.4 Å². The number of aryl methyl sites for hydroxylation is 1. The molecule has 1 aromatic heterocycles. The lowest BCUT2D eigenvalue weighted by molar-refractivity contribution is -0.139. The van der Waals surface area contributed by atoms with Crippen molar-refractivity contribution in [2.45, 2.75) is 38.4 Å². The Labute approximate surface area is 164 Å². The first kappa shape index (κ1) is 18.7. The number of hydrogen-bond acceptors (Lipinski definition) is 5. The fourth-order valence-corrected chi connectivity index (χ4v) is 4.27. The molecule has 6 nitrogen and oxygen atoms in total. The minimum absolute atomic E-state index is 0.00564. The van der Waals surface area contributed by atoms with Gasteiger partial charge in [0.25, 0.3) is 5.91 Å². The molecule has 2 aliphatic rings. The minimum atomic E-state index is -0.219. The van der Waals surface area contributed by atoms with Crippen LogP contribution in [0.15, 0.2) is 36.4 Å². The number of piperazine rings is 1. The van der Waals surface area contributed by atoms with Gasteiger partial charge in [0.05, 0.1) is 0 Å². The third-order valence-electron chi connectivity index (χ3n) is 5.54. The number of benzene rings is 1. The van der Waals surface area contributed by atoms with Crippen molar-refractivity contribution in [2.24, 2.45) is 0 Å². The monoisotopic (exact) mass is 384 g/mol. The molecule has 0 radical (unpaired) electrons. The maximum absolute atomic E-state index is 13.1. The number of carbonyl (C=O) groups is 1. The van der Waals surface area contributed by atoms with Gasteiger partial charge in [0, 0.05) is 37.4 Å². The van der Waals surface area contributed by atoms with Gasteiger partial charge in [-0.3, -0.25) is 9.69 Å². The van der Waals surface area contributed by atoms with Crippen LogP contribution in [0.2, 0.25) is 0 Å². The number of ether oxygens (including phenoxy) is 1. The van der Waals surface area contributed by atoms with Crippen LogP contribution in [0, 0.1) is 12.7 Å². The first-order valence-corrected chi connectivity index (χ1v) is 9.63. The molecule has 1 aromatic carbocycles. The van der Waals surface area contributed by atoms with Gasteiger partial charge in [-0.15, -0.1) is 0 Å². The SMILES string of the molecule is Cc1ccc(OCC(=O)N2C3CCC2CN(Cc2ccc(F)cc2)C3)c(N)n1. The molecule has 1 amide bonds. The van der Waals surface area contributed by atoms with Crippen LogP contribution in [-0.2, 0) is 11.3 Å². The number of anilines is 1. The average Bonchev–Trinajstić information content (AvgIpc) is 2.93. The Bertz CT molecular complexity index is 844. The van der Waals surface area contributed by atoms with E-state index in [1.165, 1.54) is 12.1 Å². The molecule has 148 valence electrons. The Kier molecular flexibility index (Phi) is 5.17. The summed E-state index contributed by atoms with van der Waals surface area (Å²) in [7, 11) is 0. The van der Waals surface area contributed by atoms with Crippen LogP contribution in [0.3, 0.4) is 0 Å². The van der Waals surface area contributed by atoms with Gasteiger partial charge in [-0.1, -0.05) is 12.1 Å². The summed E-state index contributed by atoms with van der Waals surface area (Å²) in [6, 6.07) is 10.6. The predicted octanol–water partition coefficient (Wildman–Crippen LogP) is 2.37. The van der Waals surface area contributed by atoms with E-state index in [-0.39, 0.29) is 30.4 Å². The number of aromatic nitrogens is 1. The molecule has 2 saturated heterocycles. The highest BCUT2D eigenvalue weighted by Crippen LogP contribution is 2.31. The Hall–Kier alpha value is -2.67. The van der Waals surface area contributed by atoms with E-state index in [0.29, 0.717) is 11.6 Å². The molecule has 2 unspecified atom stereocenters. The smallest absolute Gasteiger partial charge is 0.261 e. The van der Waals surface area contributed by atoms with Crippen molar-refractivity contribution in [2.75, 3.05) is 25.4 Å². The van der Waals surface area contributed by atoms with Gasteiger partial charge in [0.15, 0.2) is 18.2 Å². The summed E-state index contributed by atoms with van der Waals surface area (Å²) in [6.45, 7) is 4.26. The van der Waals surface area contributed by atoms with Crippen molar-refractivity contribution in [3.05, 3.63) is 53.5 Å². The van der Waals surface area contributed by atoms with Crippen LogP contribution < -0.4 is 10.5 Å². The maximum atomic E-state index is 13.1. The highest BCUT2D eigenvalue weighted by molar-refractivity contribution is 5.79.